The van der Waals surface area contributed by atoms with Crippen molar-refractivity contribution in [1.82, 2.24) is 5.43 Å². The lowest BCUT2D eigenvalue weighted by Crippen LogP contribution is -2.20. The van der Waals surface area contributed by atoms with Crippen molar-refractivity contribution < 1.29 is 14.3 Å². The number of ether oxygens (including phenoxy) is 2. The molecule has 4 rings (SSSR count). The van der Waals surface area contributed by atoms with E-state index in [2.05, 4.69) is 34.0 Å². The van der Waals surface area contributed by atoms with E-state index in [0.29, 0.717) is 22.8 Å². The van der Waals surface area contributed by atoms with Crippen LogP contribution in [0.2, 0.25) is 0 Å². The summed E-state index contributed by atoms with van der Waals surface area (Å²) >= 11 is 1.73. The largest absolute Gasteiger partial charge is 0.493 e. The molecule has 0 aliphatic carbocycles. The molecule has 1 aliphatic heterocycles. The number of para-hydroxylation sites is 2. The maximum absolute atomic E-state index is 12.6. The second kappa shape index (κ2) is 8.51. The molecule has 0 fully saturated rings. The molecule has 2 N–H and O–H groups in total. The lowest BCUT2D eigenvalue weighted by atomic mass is 10.1. The Morgan fingerprint density at radius 3 is 2.57 bits per heavy atom. The van der Waals surface area contributed by atoms with Gasteiger partial charge in [-0.1, -0.05) is 36.0 Å². The smallest absolute Gasteiger partial charge is 0.275 e. The van der Waals surface area contributed by atoms with E-state index in [1.165, 1.54) is 19.1 Å². The van der Waals surface area contributed by atoms with E-state index in [0.717, 1.165) is 21.8 Å². The molecule has 0 bridgehead atoms. The van der Waals surface area contributed by atoms with Gasteiger partial charge in [-0.2, -0.15) is 5.10 Å². The number of carbonyl (C=O) groups is 1. The summed E-state index contributed by atoms with van der Waals surface area (Å²) in [6.07, 6.45) is 0. The molecule has 3 aromatic rings. The zero-order chi connectivity index (χ0) is 21.1. The summed E-state index contributed by atoms with van der Waals surface area (Å²) in [5, 5.41) is 7.74. The van der Waals surface area contributed by atoms with Crippen molar-refractivity contribution in [1.29, 1.82) is 0 Å². The van der Waals surface area contributed by atoms with E-state index >= 15 is 0 Å². The Labute approximate surface area is 179 Å². The fraction of sp³-hybridized carbons (Fsp3) is 0.130. The molecule has 0 unspecified atom stereocenters. The molecule has 0 radical (unpaired) electrons. The van der Waals surface area contributed by atoms with Gasteiger partial charge in [0.15, 0.2) is 11.5 Å². The highest BCUT2D eigenvalue weighted by molar-refractivity contribution is 7.99. The number of fused-ring (bicyclic) bond motifs is 2. The summed E-state index contributed by atoms with van der Waals surface area (Å²) < 4.78 is 10.6. The Morgan fingerprint density at radius 1 is 0.967 bits per heavy atom. The van der Waals surface area contributed by atoms with E-state index in [1.54, 1.807) is 30.0 Å². The van der Waals surface area contributed by atoms with Gasteiger partial charge in [0.05, 0.1) is 36.9 Å². The predicted octanol–water partition coefficient (Wildman–Crippen LogP) is 5.07. The van der Waals surface area contributed by atoms with Gasteiger partial charge in [0, 0.05) is 9.79 Å². The molecule has 0 saturated heterocycles. The number of carbonyl (C=O) groups excluding carboxylic acids is 1. The normalized spacial score (nSPS) is 12.3. The third-order valence-electron chi connectivity index (χ3n) is 4.75. The number of hydrogen-bond donors (Lipinski definition) is 2. The van der Waals surface area contributed by atoms with Gasteiger partial charge in [-0.05, 0) is 48.9 Å². The quantitative estimate of drug-likeness (QED) is 0.349. The fourth-order valence-electron chi connectivity index (χ4n) is 3.19. The third kappa shape index (κ3) is 3.84. The number of benzene rings is 3. The van der Waals surface area contributed by atoms with Gasteiger partial charge in [0.25, 0.3) is 5.91 Å². The van der Waals surface area contributed by atoms with Crippen LogP contribution >= 0.6 is 11.8 Å². The van der Waals surface area contributed by atoms with Crippen molar-refractivity contribution in [2.24, 2.45) is 5.10 Å². The van der Waals surface area contributed by atoms with E-state index < -0.39 is 0 Å². The van der Waals surface area contributed by atoms with Gasteiger partial charge >= 0.3 is 0 Å². The van der Waals surface area contributed by atoms with Gasteiger partial charge in [-0.3, -0.25) is 4.79 Å². The van der Waals surface area contributed by atoms with Crippen LogP contribution in [0.4, 0.5) is 11.4 Å². The maximum atomic E-state index is 12.6. The molecule has 1 amide bonds. The van der Waals surface area contributed by atoms with Crippen LogP contribution in [0.15, 0.2) is 75.6 Å². The van der Waals surface area contributed by atoms with Gasteiger partial charge in [0.2, 0.25) is 0 Å². The summed E-state index contributed by atoms with van der Waals surface area (Å²) in [5.74, 6) is 0.495. The van der Waals surface area contributed by atoms with Crippen molar-refractivity contribution in [2.75, 3.05) is 19.5 Å². The van der Waals surface area contributed by atoms with Crippen molar-refractivity contribution in [3.8, 4) is 11.5 Å². The summed E-state index contributed by atoms with van der Waals surface area (Å²) in [6, 6.07) is 19.4. The number of anilines is 2. The number of nitrogens with one attached hydrogen (secondary N) is 2. The van der Waals surface area contributed by atoms with Gasteiger partial charge in [-0.25, -0.2) is 5.43 Å². The molecular formula is C23H21N3O3S. The lowest BCUT2D eigenvalue weighted by Gasteiger charge is -2.21. The maximum Gasteiger partial charge on any atom is 0.275 e. The van der Waals surface area contributed by atoms with Gasteiger partial charge < -0.3 is 14.8 Å². The molecule has 152 valence electrons. The first kappa shape index (κ1) is 19.8. The van der Waals surface area contributed by atoms with Crippen LogP contribution in [0.3, 0.4) is 0 Å². The van der Waals surface area contributed by atoms with Crippen LogP contribution in [0.5, 0.6) is 11.5 Å². The molecule has 0 spiro atoms. The zero-order valence-electron chi connectivity index (χ0n) is 16.9. The monoisotopic (exact) mass is 419 g/mol. The Hall–Kier alpha value is -3.45. The lowest BCUT2D eigenvalue weighted by molar-refractivity contribution is 0.0951. The first-order valence-corrected chi connectivity index (χ1v) is 10.2. The average Bonchev–Trinajstić information content (AvgIpc) is 2.79. The van der Waals surface area contributed by atoms with E-state index in [1.807, 2.05) is 31.2 Å². The van der Waals surface area contributed by atoms with E-state index in [-0.39, 0.29) is 5.91 Å². The van der Waals surface area contributed by atoms with Crippen LogP contribution in [0, 0.1) is 0 Å². The Bertz CT molecular complexity index is 1140. The molecular weight excluding hydrogens is 398 g/mol. The molecule has 30 heavy (non-hydrogen) atoms. The van der Waals surface area contributed by atoms with Crippen molar-refractivity contribution in [3.63, 3.8) is 0 Å². The van der Waals surface area contributed by atoms with Gasteiger partial charge in [0.1, 0.15) is 0 Å². The number of amides is 1. The van der Waals surface area contributed by atoms with Crippen LogP contribution < -0.4 is 20.2 Å². The highest BCUT2D eigenvalue weighted by atomic mass is 32.2. The summed E-state index contributed by atoms with van der Waals surface area (Å²) in [7, 11) is 3.03. The minimum atomic E-state index is -0.370. The van der Waals surface area contributed by atoms with E-state index in [4.69, 9.17) is 9.47 Å². The SMILES string of the molecule is COc1cccc(C(=O)N/N=C(/C)c2ccc3c(c2)Nc2ccccc2S3)c1OC. The molecule has 6 nitrogen and oxygen atoms in total. The fourth-order valence-corrected chi connectivity index (χ4v) is 4.16. The van der Waals surface area contributed by atoms with E-state index in [9.17, 15) is 4.79 Å². The zero-order valence-corrected chi connectivity index (χ0v) is 17.7. The minimum absolute atomic E-state index is 0.355. The first-order valence-electron chi connectivity index (χ1n) is 9.34. The van der Waals surface area contributed by atoms with Crippen LogP contribution in [0.25, 0.3) is 0 Å². The Kier molecular flexibility index (Phi) is 5.63. The Morgan fingerprint density at radius 2 is 1.77 bits per heavy atom. The predicted molar refractivity (Wildman–Crippen MR) is 120 cm³/mol. The second-order valence-corrected chi connectivity index (χ2v) is 7.70. The Balaban J connectivity index is 1.53. The van der Waals surface area contributed by atoms with Crippen molar-refractivity contribution in [2.45, 2.75) is 16.7 Å². The second-order valence-electron chi connectivity index (χ2n) is 6.61. The topological polar surface area (TPSA) is 72.0 Å². The molecule has 1 aliphatic rings. The molecule has 7 heteroatoms. The molecule has 0 aromatic heterocycles. The van der Waals surface area contributed by atoms with Crippen molar-refractivity contribution in [3.05, 3.63) is 71.8 Å². The van der Waals surface area contributed by atoms with Crippen LogP contribution in [0.1, 0.15) is 22.8 Å². The highest BCUT2D eigenvalue weighted by Crippen LogP contribution is 2.44. The summed E-state index contributed by atoms with van der Waals surface area (Å²) in [5.41, 5.74) is 6.67. The number of hydrogen-bond acceptors (Lipinski definition) is 6. The van der Waals surface area contributed by atoms with Crippen molar-refractivity contribution >= 4 is 34.8 Å². The average molecular weight is 420 g/mol. The number of hydrazone groups is 1. The van der Waals surface area contributed by atoms with Crippen LogP contribution in [-0.4, -0.2) is 25.8 Å². The van der Waals surface area contributed by atoms with Crippen LogP contribution in [-0.2, 0) is 0 Å². The minimum Gasteiger partial charge on any atom is -0.493 e. The summed E-state index contributed by atoms with van der Waals surface area (Å²) in [4.78, 5) is 15.0. The number of methoxy groups -OCH3 is 2. The molecule has 0 atom stereocenters. The number of nitrogens with zero attached hydrogens (tertiary/aromatic N) is 1. The third-order valence-corrected chi connectivity index (χ3v) is 5.90. The highest BCUT2D eigenvalue weighted by Gasteiger charge is 2.17. The molecule has 1 heterocycles. The first-order chi connectivity index (χ1) is 14.6. The number of rotatable bonds is 5. The standard InChI is InChI=1S/C23H21N3O3S/c1-14(25-26-23(27)16-7-6-9-19(28-2)22(16)29-3)15-11-12-21-18(13-15)24-17-8-4-5-10-20(17)30-21/h4-13,24H,1-3H3,(H,26,27)/b25-14-. The molecule has 0 saturated carbocycles. The summed E-state index contributed by atoms with van der Waals surface area (Å²) in [6.45, 7) is 1.86. The van der Waals surface area contributed by atoms with Gasteiger partial charge in [-0.15, -0.1) is 0 Å². The molecule has 3 aromatic carbocycles.